The molecule has 0 spiro atoms. The van der Waals surface area contributed by atoms with Gasteiger partial charge in [-0.05, 0) is 17.7 Å². The minimum Gasteiger partial charge on any atom is -0.493 e. The van der Waals surface area contributed by atoms with Crippen LogP contribution in [0.3, 0.4) is 0 Å². The van der Waals surface area contributed by atoms with Gasteiger partial charge in [-0.3, -0.25) is 0 Å². The minimum absolute atomic E-state index is 0.0223. The average molecular weight is 241 g/mol. The Morgan fingerprint density at radius 2 is 2.00 bits per heavy atom. The van der Waals surface area contributed by atoms with E-state index in [0.29, 0.717) is 37.9 Å². The van der Waals surface area contributed by atoms with E-state index < -0.39 is 0 Å². The predicted molar refractivity (Wildman–Crippen MR) is 64.3 cm³/mol. The third-order valence-corrected chi connectivity index (χ3v) is 2.18. The van der Waals surface area contributed by atoms with Crippen LogP contribution in [0.15, 0.2) is 18.2 Å². The molecule has 1 rings (SSSR count). The maximum Gasteiger partial charge on any atom is 0.161 e. The van der Waals surface area contributed by atoms with Crippen molar-refractivity contribution in [2.45, 2.75) is 6.54 Å². The highest BCUT2D eigenvalue weighted by atomic mass is 16.5. The van der Waals surface area contributed by atoms with Gasteiger partial charge in [-0.15, -0.1) is 0 Å². The molecule has 0 amide bonds. The average Bonchev–Trinajstić information content (AvgIpc) is 2.38. The summed E-state index contributed by atoms with van der Waals surface area (Å²) in [5.41, 5.74) is 6.53. The fourth-order valence-corrected chi connectivity index (χ4v) is 1.34. The number of hydrogen-bond donors (Lipinski definition) is 2. The maximum absolute atomic E-state index is 8.52. The molecule has 0 saturated carbocycles. The van der Waals surface area contributed by atoms with E-state index >= 15 is 0 Å². The first-order chi connectivity index (χ1) is 8.31. The highest BCUT2D eigenvalue weighted by Crippen LogP contribution is 2.27. The van der Waals surface area contributed by atoms with Crippen LogP contribution in [-0.2, 0) is 11.3 Å². The van der Waals surface area contributed by atoms with Gasteiger partial charge in [0.2, 0.25) is 0 Å². The van der Waals surface area contributed by atoms with Gasteiger partial charge in [-0.1, -0.05) is 6.07 Å². The summed E-state index contributed by atoms with van der Waals surface area (Å²) in [6, 6.07) is 5.57. The fraction of sp³-hybridized carbons (Fsp3) is 0.500. The summed E-state index contributed by atoms with van der Waals surface area (Å²) in [6.07, 6.45) is 0. The quantitative estimate of drug-likeness (QED) is 0.650. The summed E-state index contributed by atoms with van der Waals surface area (Å²) < 4.78 is 15.8. The number of ether oxygens (including phenoxy) is 3. The van der Waals surface area contributed by atoms with Crippen LogP contribution in [-0.4, -0.2) is 38.6 Å². The SMILES string of the molecule is COc1cc(CN)ccc1OCCOCCO. The number of nitrogens with two attached hydrogens (primary N) is 1. The third-order valence-electron chi connectivity index (χ3n) is 2.18. The van der Waals surface area contributed by atoms with Crippen LogP contribution in [0.2, 0.25) is 0 Å². The zero-order chi connectivity index (χ0) is 12.5. The van der Waals surface area contributed by atoms with E-state index in [-0.39, 0.29) is 6.61 Å². The molecule has 5 nitrogen and oxygen atoms in total. The Morgan fingerprint density at radius 1 is 1.18 bits per heavy atom. The van der Waals surface area contributed by atoms with Crippen molar-refractivity contribution in [2.75, 3.05) is 33.5 Å². The van der Waals surface area contributed by atoms with Gasteiger partial charge in [0.05, 0.1) is 26.9 Å². The van der Waals surface area contributed by atoms with Crippen LogP contribution in [0.1, 0.15) is 5.56 Å². The molecule has 0 aliphatic rings. The molecule has 1 aromatic carbocycles. The van der Waals surface area contributed by atoms with Crippen molar-refractivity contribution in [2.24, 2.45) is 5.73 Å². The second kappa shape index (κ2) is 7.89. The lowest BCUT2D eigenvalue weighted by Crippen LogP contribution is -2.09. The second-order valence-electron chi connectivity index (χ2n) is 3.37. The van der Waals surface area contributed by atoms with Crippen molar-refractivity contribution in [1.29, 1.82) is 0 Å². The number of aliphatic hydroxyl groups is 1. The van der Waals surface area contributed by atoms with Crippen LogP contribution in [0.25, 0.3) is 0 Å². The van der Waals surface area contributed by atoms with Gasteiger partial charge >= 0.3 is 0 Å². The molecule has 5 heteroatoms. The molecule has 0 bridgehead atoms. The van der Waals surface area contributed by atoms with E-state index in [1.807, 2.05) is 18.2 Å². The molecule has 96 valence electrons. The molecule has 0 heterocycles. The summed E-state index contributed by atoms with van der Waals surface area (Å²) in [6.45, 7) is 1.66. The molecular weight excluding hydrogens is 222 g/mol. The normalized spacial score (nSPS) is 10.3. The summed E-state index contributed by atoms with van der Waals surface area (Å²) in [4.78, 5) is 0. The lowest BCUT2D eigenvalue weighted by molar-refractivity contribution is 0.0699. The van der Waals surface area contributed by atoms with Crippen molar-refractivity contribution < 1.29 is 19.3 Å². The van der Waals surface area contributed by atoms with Crippen LogP contribution >= 0.6 is 0 Å². The molecule has 0 aliphatic heterocycles. The van der Waals surface area contributed by atoms with Gasteiger partial charge in [-0.25, -0.2) is 0 Å². The first-order valence-electron chi connectivity index (χ1n) is 5.50. The van der Waals surface area contributed by atoms with Crippen molar-refractivity contribution in [3.05, 3.63) is 23.8 Å². The molecule has 1 aromatic rings. The molecule has 0 atom stereocenters. The number of aliphatic hydroxyl groups excluding tert-OH is 1. The third kappa shape index (κ3) is 4.60. The molecule has 0 fully saturated rings. The molecule has 0 aliphatic carbocycles. The van der Waals surface area contributed by atoms with Gasteiger partial charge in [0.1, 0.15) is 6.61 Å². The van der Waals surface area contributed by atoms with E-state index in [1.54, 1.807) is 7.11 Å². The first-order valence-corrected chi connectivity index (χ1v) is 5.50. The molecule has 0 saturated heterocycles. The van der Waals surface area contributed by atoms with Crippen molar-refractivity contribution in [1.82, 2.24) is 0 Å². The smallest absolute Gasteiger partial charge is 0.161 e. The van der Waals surface area contributed by atoms with Crippen LogP contribution in [0, 0.1) is 0 Å². The molecular formula is C12H19NO4. The van der Waals surface area contributed by atoms with E-state index in [0.717, 1.165) is 5.56 Å². The first kappa shape index (κ1) is 13.8. The van der Waals surface area contributed by atoms with Crippen LogP contribution < -0.4 is 15.2 Å². The summed E-state index contributed by atoms with van der Waals surface area (Å²) in [7, 11) is 1.59. The zero-order valence-electron chi connectivity index (χ0n) is 10.0. The van der Waals surface area contributed by atoms with E-state index in [9.17, 15) is 0 Å². The highest BCUT2D eigenvalue weighted by Gasteiger charge is 2.04. The fourth-order valence-electron chi connectivity index (χ4n) is 1.34. The highest BCUT2D eigenvalue weighted by molar-refractivity contribution is 5.42. The number of rotatable bonds is 8. The van der Waals surface area contributed by atoms with E-state index in [4.69, 9.17) is 25.1 Å². The van der Waals surface area contributed by atoms with Crippen LogP contribution in [0.5, 0.6) is 11.5 Å². The number of methoxy groups -OCH3 is 1. The van der Waals surface area contributed by atoms with Crippen molar-refractivity contribution in [3.8, 4) is 11.5 Å². The Morgan fingerprint density at radius 3 is 2.65 bits per heavy atom. The Kier molecular flexibility index (Phi) is 6.39. The summed E-state index contributed by atoms with van der Waals surface area (Å²) in [5, 5.41) is 8.52. The molecule has 0 aromatic heterocycles. The Labute approximate surface area is 101 Å². The largest absolute Gasteiger partial charge is 0.493 e. The van der Waals surface area contributed by atoms with Gasteiger partial charge in [-0.2, -0.15) is 0 Å². The lowest BCUT2D eigenvalue weighted by atomic mass is 10.2. The van der Waals surface area contributed by atoms with Gasteiger partial charge < -0.3 is 25.1 Å². The topological polar surface area (TPSA) is 73.9 Å². The van der Waals surface area contributed by atoms with Crippen molar-refractivity contribution >= 4 is 0 Å². The zero-order valence-corrected chi connectivity index (χ0v) is 10.0. The molecule has 17 heavy (non-hydrogen) atoms. The maximum atomic E-state index is 8.52. The minimum atomic E-state index is 0.0223. The Hall–Kier alpha value is -1.30. The number of hydrogen-bond acceptors (Lipinski definition) is 5. The van der Waals surface area contributed by atoms with Gasteiger partial charge in [0.15, 0.2) is 11.5 Å². The monoisotopic (exact) mass is 241 g/mol. The standard InChI is InChI=1S/C12H19NO4/c1-15-12-8-10(9-13)2-3-11(12)17-7-6-16-5-4-14/h2-3,8,14H,4-7,9,13H2,1H3. The van der Waals surface area contributed by atoms with Gasteiger partial charge in [0, 0.05) is 6.54 Å². The summed E-state index contributed by atoms with van der Waals surface area (Å²) >= 11 is 0. The summed E-state index contributed by atoms with van der Waals surface area (Å²) in [5.74, 6) is 1.33. The lowest BCUT2D eigenvalue weighted by Gasteiger charge is -2.11. The molecule has 0 radical (unpaired) electrons. The predicted octanol–water partition coefficient (Wildman–Crippen LogP) is 0.542. The van der Waals surface area contributed by atoms with E-state index in [2.05, 4.69) is 0 Å². The second-order valence-corrected chi connectivity index (χ2v) is 3.37. The molecule has 0 unspecified atom stereocenters. The van der Waals surface area contributed by atoms with E-state index in [1.165, 1.54) is 0 Å². The molecule has 3 N–H and O–H groups in total. The van der Waals surface area contributed by atoms with Crippen molar-refractivity contribution in [3.63, 3.8) is 0 Å². The number of benzene rings is 1. The Balaban J connectivity index is 2.46. The van der Waals surface area contributed by atoms with Crippen LogP contribution in [0.4, 0.5) is 0 Å². The Bertz CT molecular complexity index is 330. The van der Waals surface area contributed by atoms with Gasteiger partial charge in [0.25, 0.3) is 0 Å².